The van der Waals surface area contributed by atoms with Gasteiger partial charge in [-0.3, -0.25) is 9.59 Å². The van der Waals surface area contributed by atoms with Gasteiger partial charge in [0.25, 0.3) is 5.91 Å². The first kappa shape index (κ1) is 13.5. The molecule has 1 aliphatic rings. The Kier molecular flexibility index (Phi) is 4.16. The van der Waals surface area contributed by atoms with Crippen molar-refractivity contribution in [3.8, 4) is 0 Å². The Hall–Kier alpha value is -1.88. The molecule has 0 aliphatic carbocycles. The zero-order valence-corrected chi connectivity index (χ0v) is 11.0. The van der Waals surface area contributed by atoms with Gasteiger partial charge in [0.15, 0.2) is 0 Å². The van der Waals surface area contributed by atoms with Crippen LogP contribution in [0.4, 0.5) is 0 Å². The fourth-order valence-electron chi connectivity index (χ4n) is 2.40. The summed E-state index contributed by atoms with van der Waals surface area (Å²) < 4.78 is 0. The molecule has 1 atom stereocenters. The molecule has 1 aromatic rings. The van der Waals surface area contributed by atoms with E-state index in [1.165, 1.54) is 5.56 Å². The molecule has 1 heterocycles. The number of nitrogens with two attached hydrogens (primary N) is 1. The van der Waals surface area contributed by atoms with Crippen LogP contribution in [-0.4, -0.2) is 24.4 Å². The Bertz CT molecular complexity index is 499. The molecule has 0 saturated carbocycles. The number of hydrogen-bond acceptors (Lipinski definition) is 3. The largest absolute Gasteiger partial charge is 0.370 e. The lowest BCUT2D eigenvalue weighted by Crippen LogP contribution is -2.37. The Morgan fingerprint density at radius 2 is 2.26 bits per heavy atom. The second-order valence-electron chi connectivity index (χ2n) is 4.91. The summed E-state index contributed by atoms with van der Waals surface area (Å²) in [7, 11) is 0. The molecule has 0 saturated heterocycles. The number of fused-ring (bicyclic) bond motifs is 1. The zero-order valence-electron chi connectivity index (χ0n) is 11.0. The van der Waals surface area contributed by atoms with Crippen molar-refractivity contribution in [2.45, 2.75) is 32.4 Å². The van der Waals surface area contributed by atoms with E-state index in [0.29, 0.717) is 5.56 Å². The zero-order chi connectivity index (χ0) is 13.8. The second-order valence-corrected chi connectivity index (χ2v) is 4.91. The summed E-state index contributed by atoms with van der Waals surface area (Å²) >= 11 is 0. The van der Waals surface area contributed by atoms with Crippen molar-refractivity contribution in [1.82, 2.24) is 10.6 Å². The molecule has 1 unspecified atom stereocenters. The highest BCUT2D eigenvalue weighted by Gasteiger charge is 2.18. The Balaban J connectivity index is 2.13. The highest BCUT2D eigenvalue weighted by molar-refractivity contribution is 5.96. The molecule has 0 bridgehead atoms. The van der Waals surface area contributed by atoms with Crippen LogP contribution >= 0.6 is 0 Å². The van der Waals surface area contributed by atoms with Gasteiger partial charge in [-0.15, -0.1) is 0 Å². The van der Waals surface area contributed by atoms with Crippen LogP contribution < -0.4 is 16.4 Å². The SMILES string of the molecule is CC(CC(N)=O)NC(=O)c1cccc2c1CCNC2. The molecular weight excluding hydrogens is 242 g/mol. The van der Waals surface area contributed by atoms with Crippen LogP contribution in [0.2, 0.25) is 0 Å². The standard InChI is InChI=1S/C14H19N3O2/c1-9(7-13(15)18)17-14(19)12-4-2-3-10-8-16-6-5-11(10)12/h2-4,9,16H,5-8H2,1H3,(H2,15,18)(H,17,19). The number of amides is 2. The number of rotatable bonds is 4. The number of nitrogens with one attached hydrogen (secondary N) is 2. The third kappa shape index (κ3) is 3.32. The fourth-order valence-corrected chi connectivity index (χ4v) is 2.40. The van der Waals surface area contributed by atoms with Gasteiger partial charge in [-0.1, -0.05) is 12.1 Å². The molecule has 19 heavy (non-hydrogen) atoms. The van der Waals surface area contributed by atoms with E-state index in [2.05, 4.69) is 10.6 Å². The lowest BCUT2D eigenvalue weighted by atomic mass is 9.95. The van der Waals surface area contributed by atoms with E-state index in [-0.39, 0.29) is 18.4 Å². The van der Waals surface area contributed by atoms with Gasteiger partial charge in [-0.25, -0.2) is 0 Å². The summed E-state index contributed by atoms with van der Waals surface area (Å²) in [6, 6.07) is 5.50. The van der Waals surface area contributed by atoms with Crippen LogP contribution in [0.5, 0.6) is 0 Å². The van der Waals surface area contributed by atoms with Crippen LogP contribution in [0.25, 0.3) is 0 Å². The number of carbonyl (C=O) groups excluding carboxylic acids is 2. The van der Waals surface area contributed by atoms with E-state index >= 15 is 0 Å². The molecular formula is C14H19N3O2. The molecule has 4 N–H and O–H groups in total. The lowest BCUT2D eigenvalue weighted by molar-refractivity contribution is -0.118. The summed E-state index contributed by atoms with van der Waals surface area (Å²) in [5.41, 5.74) is 8.09. The van der Waals surface area contributed by atoms with E-state index in [4.69, 9.17) is 5.73 Å². The first-order chi connectivity index (χ1) is 9.08. The quantitative estimate of drug-likeness (QED) is 0.730. The maximum Gasteiger partial charge on any atom is 0.251 e. The van der Waals surface area contributed by atoms with E-state index in [0.717, 1.165) is 25.1 Å². The molecule has 2 rings (SSSR count). The lowest BCUT2D eigenvalue weighted by Gasteiger charge is -2.21. The minimum atomic E-state index is -0.410. The van der Waals surface area contributed by atoms with Gasteiger partial charge in [0.05, 0.1) is 0 Å². The Morgan fingerprint density at radius 3 is 3.00 bits per heavy atom. The molecule has 5 nitrogen and oxygen atoms in total. The van der Waals surface area contributed by atoms with Crippen molar-refractivity contribution >= 4 is 11.8 Å². The highest BCUT2D eigenvalue weighted by Crippen LogP contribution is 2.18. The van der Waals surface area contributed by atoms with Crippen LogP contribution in [0.3, 0.4) is 0 Å². The number of carbonyl (C=O) groups is 2. The molecule has 0 radical (unpaired) electrons. The third-order valence-corrected chi connectivity index (χ3v) is 3.27. The van der Waals surface area contributed by atoms with Crippen molar-refractivity contribution in [2.75, 3.05) is 6.54 Å². The number of primary amides is 1. The molecule has 102 valence electrons. The first-order valence-corrected chi connectivity index (χ1v) is 6.48. The maximum atomic E-state index is 12.2. The normalized spacial score (nSPS) is 15.4. The van der Waals surface area contributed by atoms with Crippen molar-refractivity contribution in [3.05, 3.63) is 34.9 Å². The smallest absolute Gasteiger partial charge is 0.251 e. The third-order valence-electron chi connectivity index (χ3n) is 3.27. The van der Waals surface area contributed by atoms with Crippen molar-refractivity contribution in [3.63, 3.8) is 0 Å². The van der Waals surface area contributed by atoms with E-state index in [1.54, 1.807) is 6.92 Å². The summed E-state index contributed by atoms with van der Waals surface area (Å²) in [6.45, 7) is 3.46. The average Bonchev–Trinajstić information content (AvgIpc) is 2.36. The van der Waals surface area contributed by atoms with E-state index in [1.807, 2.05) is 18.2 Å². The summed E-state index contributed by atoms with van der Waals surface area (Å²) in [5, 5.41) is 6.10. The van der Waals surface area contributed by atoms with Gasteiger partial charge in [-0.2, -0.15) is 0 Å². The van der Waals surface area contributed by atoms with Crippen molar-refractivity contribution in [1.29, 1.82) is 0 Å². The molecule has 2 amide bonds. The van der Waals surface area contributed by atoms with Gasteiger partial charge in [-0.05, 0) is 37.1 Å². The summed E-state index contributed by atoms with van der Waals surface area (Å²) in [6.07, 6.45) is 1.01. The van der Waals surface area contributed by atoms with Gasteiger partial charge in [0.2, 0.25) is 5.91 Å². The first-order valence-electron chi connectivity index (χ1n) is 6.48. The van der Waals surface area contributed by atoms with Crippen LogP contribution in [0.1, 0.15) is 34.8 Å². The maximum absolute atomic E-state index is 12.2. The van der Waals surface area contributed by atoms with E-state index < -0.39 is 5.91 Å². The monoisotopic (exact) mass is 261 g/mol. The fraction of sp³-hybridized carbons (Fsp3) is 0.429. The Morgan fingerprint density at radius 1 is 1.47 bits per heavy atom. The molecule has 0 aromatic heterocycles. The van der Waals surface area contributed by atoms with Crippen LogP contribution in [-0.2, 0) is 17.8 Å². The van der Waals surface area contributed by atoms with Gasteiger partial charge >= 0.3 is 0 Å². The summed E-state index contributed by atoms with van der Waals surface area (Å²) in [5.74, 6) is -0.542. The van der Waals surface area contributed by atoms with Crippen molar-refractivity contribution < 1.29 is 9.59 Å². The van der Waals surface area contributed by atoms with Crippen LogP contribution in [0, 0.1) is 0 Å². The number of benzene rings is 1. The van der Waals surface area contributed by atoms with Gasteiger partial charge in [0, 0.05) is 24.6 Å². The average molecular weight is 261 g/mol. The second kappa shape index (κ2) is 5.84. The predicted octanol–water partition coefficient (Wildman–Crippen LogP) is 0.326. The van der Waals surface area contributed by atoms with Gasteiger partial charge in [0.1, 0.15) is 0 Å². The van der Waals surface area contributed by atoms with Crippen molar-refractivity contribution in [2.24, 2.45) is 5.73 Å². The summed E-state index contributed by atoms with van der Waals surface area (Å²) in [4.78, 5) is 23.0. The van der Waals surface area contributed by atoms with Gasteiger partial charge < -0.3 is 16.4 Å². The number of hydrogen-bond donors (Lipinski definition) is 3. The topological polar surface area (TPSA) is 84.2 Å². The molecule has 5 heteroatoms. The Labute approximate surface area is 112 Å². The molecule has 1 aromatic carbocycles. The molecule has 1 aliphatic heterocycles. The molecule has 0 spiro atoms. The predicted molar refractivity (Wildman–Crippen MR) is 72.6 cm³/mol. The minimum absolute atomic E-state index is 0.132. The van der Waals surface area contributed by atoms with Crippen LogP contribution in [0.15, 0.2) is 18.2 Å². The highest BCUT2D eigenvalue weighted by atomic mass is 16.2. The van der Waals surface area contributed by atoms with E-state index in [9.17, 15) is 9.59 Å². The molecule has 0 fully saturated rings. The minimum Gasteiger partial charge on any atom is -0.370 e.